The standard InChI is InChI=1S/C12H14N4OS/c1-12(3-4-12)16-7-10(14-15-16)6-13-11(17)9-2-5-18-8-9/h2,5,7-8H,3-4,6H2,1H3,(H,13,17). The molecule has 1 fully saturated rings. The van der Waals surface area contributed by atoms with E-state index in [1.165, 1.54) is 11.3 Å². The van der Waals surface area contributed by atoms with Gasteiger partial charge in [-0.25, -0.2) is 4.68 Å². The Balaban J connectivity index is 1.60. The van der Waals surface area contributed by atoms with Gasteiger partial charge in [-0.05, 0) is 31.2 Å². The number of carbonyl (C=O) groups is 1. The van der Waals surface area contributed by atoms with Gasteiger partial charge in [-0.15, -0.1) is 5.10 Å². The third-order valence-electron chi connectivity index (χ3n) is 3.28. The van der Waals surface area contributed by atoms with Crippen molar-refractivity contribution in [1.82, 2.24) is 20.3 Å². The lowest BCUT2D eigenvalue weighted by Gasteiger charge is -2.05. The molecule has 0 radical (unpaired) electrons. The van der Waals surface area contributed by atoms with Crippen LogP contribution in [0, 0.1) is 0 Å². The van der Waals surface area contributed by atoms with Gasteiger partial charge in [0.05, 0.1) is 18.3 Å². The third kappa shape index (κ3) is 2.15. The third-order valence-corrected chi connectivity index (χ3v) is 3.96. The van der Waals surface area contributed by atoms with Crippen LogP contribution in [0.5, 0.6) is 0 Å². The van der Waals surface area contributed by atoms with Crippen LogP contribution in [0.1, 0.15) is 35.8 Å². The zero-order chi connectivity index (χ0) is 12.6. The predicted octanol–water partition coefficient (Wildman–Crippen LogP) is 1.78. The SMILES string of the molecule is CC1(n2cc(CNC(=O)c3ccsc3)nn2)CC1. The van der Waals surface area contributed by atoms with Crippen molar-refractivity contribution >= 4 is 17.2 Å². The fourth-order valence-corrected chi connectivity index (χ4v) is 2.36. The molecule has 6 heteroatoms. The molecule has 0 aliphatic heterocycles. The molecule has 0 saturated heterocycles. The van der Waals surface area contributed by atoms with Crippen molar-refractivity contribution in [3.8, 4) is 0 Å². The second-order valence-corrected chi connectivity index (χ2v) is 5.63. The molecule has 5 nitrogen and oxygen atoms in total. The molecule has 2 heterocycles. The molecule has 1 saturated carbocycles. The van der Waals surface area contributed by atoms with Crippen molar-refractivity contribution in [2.45, 2.75) is 31.8 Å². The second-order valence-electron chi connectivity index (χ2n) is 4.85. The van der Waals surface area contributed by atoms with Crippen LogP contribution in [-0.4, -0.2) is 20.9 Å². The summed E-state index contributed by atoms with van der Waals surface area (Å²) in [6.45, 7) is 2.58. The van der Waals surface area contributed by atoms with Gasteiger partial charge in [-0.2, -0.15) is 11.3 Å². The van der Waals surface area contributed by atoms with Gasteiger partial charge in [-0.3, -0.25) is 4.79 Å². The lowest BCUT2D eigenvalue weighted by atomic mass is 10.3. The van der Waals surface area contributed by atoms with Crippen molar-refractivity contribution in [2.75, 3.05) is 0 Å². The average Bonchev–Trinajstić information content (AvgIpc) is 2.88. The molecule has 2 aromatic rings. The number of nitrogens with zero attached hydrogens (tertiary/aromatic N) is 3. The summed E-state index contributed by atoms with van der Waals surface area (Å²) in [5.41, 5.74) is 1.65. The van der Waals surface area contributed by atoms with Crippen LogP contribution >= 0.6 is 11.3 Å². The Morgan fingerprint density at radius 1 is 1.61 bits per heavy atom. The molecular weight excluding hydrogens is 248 g/mol. The van der Waals surface area contributed by atoms with E-state index in [1.807, 2.05) is 27.7 Å². The maximum atomic E-state index is 11.7. The normalized spacial score (nSPS) is 16.5. The molecule has 1 N–H and O–H groups in total. The Labute approximate surface area is 109 Å². The minimum Gasteiger partial charge on any atom is -0.346 e. The molecule has 0 unspecified atom stereocenters. The quantitative estimate of drug-likeness (QED) is 0.913. The maximum absolute atomic E-state index is 11.7. The summed E-state index contributed by atoms with van der Waals surface area (Å²) in [5.74, 6) is -0.0663. The Kier molecular flexibility index (Phi) is 2.66. The van der Waals surface area contributed by atoms with Crippen molar-refractivity contribution in [2.24, 2.45) is 0 Å². The first-order chi connectivity index (χ1) is 8.67. The van der Waals surface area contributed by atoms with E-state index in [0.717, 1.165) is 18.5 Å². The minimum absolute atomic E-state index is 0.0663. The zero-order valence-electron chi connectivity index (χ0n) is 10.1. The molecule has 2 aromatic heterocycles. The fourth-order valence-electron chi connectivity index (χ4n) is 1.72. The Morgan fingerprint density at radius 2 is 2.44 bits per heavy atom. The highest BCUT2D eigenvalue weighted by atomic mass is 32.1. The summed E-state index contributed by atoms with van der Waals surface area (Å²) in [6.07, 6.45) is 4.22. The summed E-state index contributed by atoms with van der Waals surface area (Å²) in [5, 5.41) is 14.7. The van der Waals surface area contributed by atoms with Crippen molar-refractivity contribution in [3.05, 3.63) is 34.3 Å². The lowest BCUT2D eigenvalue weighted by Crippen LogP contribution is -2.22. The van der Waals surface area contributed by atoms with Gasteiger partial charge in [0.15, 0.2) is 0 Å². The molecule has 0 aromatic carbocycles. The van der Waals surface area contributed by atoms with Gasteiger partial charge in [-0.1, -0.05) is 5.21 Å². The van der Waals surface area contributed by atoms with Gasteiger partial charge in [0.1, 0.15) is 5.69 Å². The van der Waals surface area contributed by atoms with Crippen molar-refractivity contribution in [1.29, 1.82) is 0 Å². The predicted molar refractivity (Wildman–Crippen MR) is 68.4 cm³/mol. The number of hydrogen-bond acceptors (Lipinski definition) is 4. The highest BCUT2D eigenvalue weighted by Crippen LogP contribution is 2.41. The van der Waals surface area contributed by atoms with Gasteiger partial charge >= 0.3 is 0 Å². The largest absolute Gasteiger partial charge is 0.346 e. The first-order valence-corrected chi connectivity index (χ1v) is 6.84. The van der Waals surface area contributed by atoms with Crippen LogP contribution in [0.25, 0.3) is 0 Å². The average molecular weight is 262 g/mol. The molecule has 0 bridgehead atoms. The van der Waals surface area contributed by atoms with Gasteiger partial charge < -0.3 is 5.32 Å². The van der Waals surface area contributed by atoms with E-state index < -0.39 is 0 Å². The Bertz CT molecular complexity index is 556. The number of thiophene rings is 1. The molecule has 1 aliphatic carbocycles. The van der Waals surface area contributed by atoms with Crippen LogP contribution in [0.3, 0.4) is 0 Å². The van der Waals surface area contributed by atoms with E-state index >= 15 is 0 Å². The van der Waals surface area contributed by atoms with Gasteiger partial charge in [0.2, 0.25) is 0 Å². The first-order valence-electron chi connectivity index (χ1n) is 5.89. The van der Waals surface area contributed by atoms with E-state index in [4.69, 9.17) is 0 Å². The van der Waals surface area contributed by atoms with Crippen LogP contribution in [0.4, 0.5) is 0 Å². The maximum Gasteiger partial charge on any atom is 0.252 e. The van der Waals surface area contributed by atoms with Crippen LogP contribution in [0.15, 0.2) is 23.0 Å². The molecule has 0 spiro atoms. The number of amides is 1. The highest BCUT2D eigenvalue weighted by molar-refractivity contribution is 7.08. The van der Waals surface area contributed by atoms with E-state index in [0.29, 0.717) is 12.1 Å². The second kappa shape index (κ2) is 4.20. The fraction of sp³-hybridized carbons (Fsp3) is 0.417. The van der Waals surface area contributed by atoms with Crippen molar-refractivity contribution in [3.63, 3.8) is 0 Å². The monoisotopic (exact) mass is 262 g/mol. The smallest absolute Gasteiger partial charge is 0.252 e. The molecule has 94 valence electrons. The van der Waals surface area contributed by atoms with E-state index in [2.05, 4.69) is 22.6 Å². The summed E-state index contributed by atoms with van der Waals surface area (Å²) >= 11 is 1.51. The topological polar surface area (TPSA) is 59.8 Å². The molecule has 1 aliphatic rings. The minimum atomic E-state index is -0.0663. The number of aromatic nitrogens is 3. The van der Waals surface area contributed by atoms with Gasteiger partial charge in [0, 0.05) is 10.9 Å². The van der Waals surface area contributed by atoms with E-state index in [1.54, 1.807) is 0 Å². The molecule has 18 heavy (non-hydrogen) atoms. The number of rotatable bonds is 4. The first kappa shape index (κ1) is 11.4. The van der Waals surface area contributed by atoms with E-state index in [-0.39, 0.29) is 11.4 Å². The number of nitrogens with one attached hydrogen (secondary N) is 1. The molecular formula is C12H14N4OS. The summed E-state index contributed by atoms with van der Waals surface area (Å²) in [6, 6.07) is 1.81. The summed E-state index contributed by atoms with van der Waals surface area (Å²) < 4.78 is 1.90. The zero-order valence-corrected chi connectivity index (χ0v) is 10.9. The van der Waals surface area contributed by atoms with Crippen molar-refractivity contribution < 1.29 is 4.79 Å². The molecule has 0 atom stereocenters. The Hall–Kier alpha value is -1.69. The lowest BCUT2D eigenvalue weighted by molar-refractivity contribution is 0.0951. The van der Waals surface area contributed by atoms with Crippen LogP contribution < -0.4 is 5.32 Å². The van der Waals surface area contributed by atoms with E-state index in [9.17, 15) is 4.79 Å². The number of hydrogen-bond donors (Lipinski definition) is 1. The summed E-state index contributed by atoms with van der Waals surface area (Å²) in [7, 11) is 0. The van der Waals surface area contributed by atoms with Crippen LogP contribution in [-0.2, 0) is 12.1 Å². The van der Waals surface area contributed by atoms with Crippen LogP contribution in [0.2, 0.25) is 0 Å². The molecule has 1 amide bonds. The number of carbonyl (C=O) groups excluding carboxylic acids is 1. The summed E-state index contributed by atoms with van der Waals surface area (Å²) in [4.78, 5) is 11.7. The molecule has 3 rings (SSSR count). The van der Waals surface area contributed by atoms with Gasteiger partial charge in [0.25, 0.3) is 5.91 Å². The Morgan fingerprint density at radius 3 is 3.11 bits per heavy atom. The highest BCUT2D eigenvalue weighted by Gasteiger charge is 2.40.